The maximum Gasteiger partial charge on any atom is 0.232 e. The van der Waals surface area contributed by atoms with Crippen molar-refractivity contribution >= 4 is 5.91 Å². The van der Waals surface area contributed by atoms with Crippen LogP contribution in [0.3, 0.4) is 0 Å². The van der Waals surface area contributed by atoms with Gasteiger partial charge in [-0.3, -0.25) is 4.79 Å². The number of hydrogen-bond acceptors (Lipinski definition) is 1. The molecular weight excluding hydrogens is 294 g/mol. The molecule has 0 spiro atoms. The summed E-state index contributed by atoms with van der Waals surface area (Å²) in [6.07, 6.45) is 7.42. The lowest BCUT2D eigenvalue weighted by molar-refractivity contribution is -0.121. The first-order valence-corrected chi connectivity index (χ1v) is 9.20. The van der Waals surface area contributed by atoms with Crippen LogP contribution in [0.25, 0.3) is 0 Å². The quantitative estimate of drug-likeness (QED) is 0.591. The van der Waals surface area contributed by atoms with Crippen LogP contribution in [0.4, 0.5) is 0 Å². The topological polar surface area (TPSA) is 29.1 Å². The van der Waals surface area contributed by atoms with Crippen LogP contribution in [0.5, 0.6) is 0 Å². The van der Waals surface area contributed by atoms with E-state index in [4.69, 9.17) is 0 Å². The third kappa shape index (κ3) is 5.84. The van der Waals surface area contributed by atoms with E-state index in [0.717, 1.165) is 24.1 Å². The first-order valence-electron chi connectivity index (χ1n) is 9.20. The van der Waals surface area contributed by atoms with Crippen LogP contribution >= 0.6 is 0 Å². The van der Waals surface area contributed by atoms with Crippen LogP contribution in [-0.2, 0) is 4.79 Å². The van der Waals surface area contributed by atoms with Crippen LogP contribution in [-0.4, -0.2) is 12.5 Å². The highest BCUT2D eigenvalue weighted by Gasteiger charge is 2.21. The minimum atomic E-state index is -0.229. The zero-order valence-corrected chi connectivity index (χ0v) is 14.7. The van der Waals surface area contributed by atoms with Gasteiger partial charge in [-0.05, 0) is 17.5 Å². The monoisotopic (exact) mass is 323 g/mol. The van der Waals surface area contributed by atoms with Gasteiger partial charge in [0.2, 0.25) is 5.91 Å². The third-order valence-electron chi connectivity index (χ3n) is 4.36. The summed E-state index contributed by atoms with van der Waals surface area (Å²) in [5.41, 5.74) is 2.09. The van der Waals surface area contributed by atoms with Crippen molar-refractivity contribution in [3.63, 3.8) is 0 Å². The van der Waals surface area contributed by atoms with E-state index in [0.29, 0.717) is 0 Å². The third-order valence-corrected chi connectivity index (χ3v) is 4.36. The van der Waals surface area contributed by atoms with E-state index in [-0.39, 0.29) is 11.8 Å². The molecule has 0 fully saturated rings. The Morgan fingerprint density at radius 2 is 1.29 bits per heavy atom. The molecule has 1 amide bonds. The summed E-state index contributed by atoms with van der Waals surface area (Å²) in [5.74, 6) is -0.131. The van der Waals surface area contributed by atoms with Crippen molar-refractivity contribution in [1.29, 1.82) is 0 Å². The molecule has 0 aliphatic carbocycles. The van der Waals surface area contributed by atoms with Crippen molar-refractivity contribution in [2.24, 2.45) is 0 Å². The number of rotatable bonds is 10. The van der Waals surface area contributed by atoms with Gasteiger partial charge in [0.1, 0.15) is 0 Å². The molecule has 24 heavy (non-hydrogen) atoms. The smallest absolute Gasteiger partial charge is 0.232 e. The highest BCUT2D eigenvalue weighted by Crippen LogP contribution is 2.24. The zero-order valence-electron chi connectivity index (χ0n) is 14.7. The van der Waals surface area contributed by atoms with Gasteiger partial charge in [-0.1, -0.05) is 99.7 Å². The van der Waals surface area contributed by atoms with Gasteiger partial charge in [0, 0.05) is 6.54 Å². The van der Waals surface area contributed by atoms with E-state index >= 15 is 0 Å². The summed E-state index contributed by atoms with van der Waals surface area (Å²) in [6, 6.07) is 20.1. The number of amides is 1. The van der Waals surface area contributed by atoms with Crippen LogP contribution < -0.4 is 5.32 Å². The molecule has 2 aromatic rings. The van der Waals surface area contributed by atoms with Crippen LogP contribution in [0.15, 0.2) is 60.7 Å². The first kappa shape index (κ1) is 18.3. The van der Waals surface area contributed by atoms with Gasteiger partial charge < -0.3 is 5.32 Å². The Kier molecular flexibility index (Phi) is 8.09. The maximum absolute atomic E-state index is 12.8. The normalized spacial score (nSPS) is 10.8. The summed E-state index contributed by atoms with van der Waals surface area (Å²) < 4.78 is 0. The Bertz CT molecular complexity index is 540. The summed E-state index contributed by atoms with van der Waals surface area (Å²) in [7, 11) is 0. The highest BCUT2D eigenvalue weighted by molar-refractivity contribution is 5.87. The second-order valence-corrected chi connectivity index (χ2v) is 6.31. The molecule has 2 aromatic carbocycles. The van der Waals surface area contributed by atoms with Crippen molar-refractivity contribution in [3.8, 4) is 0 Å². The Labute approximate surface area is 146 Å². The molecule has 0 aliphatic heterocycles. The van der Waals surface area contributed by atoms with E-state index < -0.39 is 0 Å². The van der Waals surface area contributed by atoms with Crippen LogP contribution in [0.2, 0.25) is 0 Å². The standard InChI is InChI=1S/C22H29NO/c1-2-3-4-5-6-13-18-23-22(24)21(19-14-9-7-10-15-19)20-16-11-8-12-17-20/h7-12,14-17,21H,2-6,13,18H2,1H3,(H,23,24). The number of carbonyl (C=O) groups is 1. The number of nitrogens with one attached hydrogen (secondary N) is 1. The van der Waals surface area contributed by atoms with Gasteiger partial charge in [0.05, 0.1) is 5.92 Å². The summed E-state index contributed by atoms with van der Waals surface area (Å²) >= 11 is 0. The van der Waals surface area contributed by atoms with E-state index in [1.807, 2.05) is 60.7 Å². The van der Waals surface area contributed by atoms with Gasteiger partial charge in [-0.15, -0.1) is 0 Å². The SMILES string of the molecule is CCCCCCCCNC(=O)C(c1ccccc1)c1ccccc1. The molecule has 0 saturated carbocycles. The molecule has 2 nitrogen and oxygen atoms in total. The summed E-state index contributed by atoms with van der Waals surface area (Å²) in [5, 5.41) is 3.13. The molecule has 2 heteroatoms. The van der Waals surface area contributed by atoms with Crippen LogP contribution in [0.1, 0.15) is 62.5 Å². The number of unbranched alkanes of at least 4 members (excludes halogenated alkanes) is 5. The van der Waals surface area contributed by atoms with Crippen molar-refractivity contribution in [3.05, 3.63) is 71.8 Å². The minimum Gasteiger partial charge on any atom is -0.355 e. The molecule has 2 rings (SSSR count). The van der Waals surface area contributed by atoms with Gasteiger partial charge in [-0.2, -0.15) is 0 Å². The van der Waals surface area contributed by atoms with Gasteiger partial charge in [0.25, 0.3) is 0 Å². The van der Waals surface area contributed by atoms with E-state index in [1.165, 1.54) is 32.1 Å². The molecule has 1 N–H and O–H groups in total. The lowest BCUT2D eigenvalue weighted by atomic mass is 9.90. The highest BCUT2D eigenvalue weighted by atomic mass is 16.1. The molecule has 128 valence electrons. The lowest BCUT2D eigenvalue weighted by Crippen LogP contribution is -2.30. The fraction of sp³-hybridized carbons (Fsp3) is 0.409. The molecule has 0 saturated heterocycles. The number of benzene rings is 2. The predicted molar refractivity (Wildman–Crippen MR) is 101 cm³/mol. The number of hydrogen-bond donors (Lipinski definition) is 1. The second kappa shape index (κ2) is 10.6. The fourth-order valence-corrected chi connectivity index (χ4v) is 3.01. The molecule has 0 aliphatic rings. The largest absolute Gasteiger partial charge is 0.355 e. The van der Waals surface area contributed by atoms with Gasteiger partial charge in [-0.25, -0.2) is 0 Å². The molecule has 0 bridgehead atoms. The summed E-state index contributed by atoms with van der Waals surface area (Å²) in [6.45, 7) is 2.99. The predicted octanol–water partition coefficient (Wildman–Crippen LogP) is 5.30. The zero-order chi connectivity index (χ0) is 17.0. The van der Waals surface area contributed by atoms with E-state index in [2.05, 4.69) is 12.2 Å². The van der Waals surface area contributed by atoms with Crippen molar-refractivity contribution in [2.75, 3.05) is 6.54 Å². The number of carbonyl (C=O) groups excluding carboxylic acids is 1. The summed E-state index contributed by atoms with van der Waals surface area (Å²) in [4.78, 5) is 12.8. The van der Waals surface area contributed by atoms with Crippen molar-refractivity contribution in [1.82, 2.24) is 5.32 Å². The minimum absolute atomic E-state index is 0.0981. The second-order valence-electron chi connectivity index (χ2n) is 6.31. The fourth-order valence-electron chi connectivity index (χ4n) is 3.01. The Morgan fingerprint density at radius 3 is 1.83 bits per heavy atom. The molecular formula is C22H29NO. The average molecular weight is 323 g/mol. The molecule has 0 heterocycles. The molecule has 0 radical (unpaired) electrons. The van der Waals surface area contributed by atoms with Crippen molar-refractivity contribution < 1.29 is 4.79 Å². The first-order chi connectivity index (χ1) is 11.8. The van der Waals surface area contributed by atoms with Crippen LogP contribution in [0, 0.1) is 0 Å². The van der Waals surface area contributed by atoms with E-state index in [9.17, 15) is 4.79 Å². The van der Waals surface area contributed by atoms with E-state index in [1.54, 1.807) is 0 Å². The molecule has 0 aromatic heterocycles. The van der Waals surface area contributed by atoms with Gasteiger partial charge >= 0.3 is 0 Å². The molecule has 0 atom stereocenters. The Balaban J connectivity index is 1.92. The average Bonchev–Trinajstić information content (AvgIpc) is 2.63. The molecule has 0 unspecified atom stereocenters. The Morgan fingerprint density at radius 1 is 0.792 bits per heavy atom. The van der Waals surface area contributed by atoms with Gasteiger partial charge in [0.15, 0.2) is 0 Å². The maximum atomic E-state index is 12.8. The lowest BCUT2D eigenvalue weighted by Gasteiger charge is -2.18. The Hall–Kier alpha value is -2.09. The van der Waals surface area contributed by atoms with Crippen molar-refractivity contribution in [2.45, 2.75) is 51.4 Å².